The molecular formula is C10H19NS. The van der Waals surface area contributed by atoms with Crippen LogP contribution in [0, 0.1) is 16.7 Å². The lowest BCUT2D eigenvalue weighted by Crippen LogP contribution is -2.17. The summed E-state index contributed by atoms with van der Waals surface area (Å²) in [6, 6.07) is 2.46. The number of rotatable bonds is 6. The van der Waals surface area contributed by atoms with Crippen molar-refractivity contribution < 1.29 is 0 Å². The van der Waals surface area contributed by atoms with Crippen molar-refractivity contribution in [2.24, 2.45) is 5.41 Å². The van der Waals surface area contributed by atoms with Gasteiger partial charge in [0, 0.05) is 0 Å². The lowest BCUT2D eigenvalue weighted by Gasteiger charge is -2.22. The Morgan fingerprint density at radius 3 is 2.17 bits per heavy atom. The van der Waals surface area contributed by atoms with E-state index < -0.39 is 0 Å². The first kappa shape index (κ1) is 11.8. The van der Waals surface area contributed by atoms with Gasteiger partial charge in [-0.3, -0.25) is 0 Å². The minimum atomic E-state index is -0.0395. The van der Waals surface area contributed by atoms with Gasteiger partial charge < -0.3 is 0 Å². The Morgan fingerprint density at radius 2 is 1.83 bits per heavy atom. The van der Waals surface area contributed by atoms with E-state index in [1.807, 2.05) is 11.8 Å². The molecule has 0 spiro atoms. The van der Waals surface area contributed by atoms with Crippen LogP contribution in [0.25, 0.3) is 0 Å². The molecule has 0 fully saturated rings. The van der Waals surface area contributed by atoms with Crippen molar-refractivity contribution in [1.82, 2.24) is 0 Å². The predicted molar refractivity (Wildman–Crippen MR) is 56.2 cm³/mol. The minimum absolute atomic E-state index is 0.0395. The molecule has 70 valence electrons. The molecule has 0 aliphatic heterocycles. The van der Waals surface area contributed by atoms with Gasteiger partial charge in [0.25, 0.3) is 0 Å². The van der Waals surface area contributed by atoms with Crippen LogP contribution in [0.5, 0.6) is 0 Å². The van der Waals surface area contributed by atoms with Crippen LogP contribution >= 0.6 is 11.8 Å². The summed E-state index contributed by atoms with van der Waals surface area (Å²) in [6.45, 7) is 6.39. The average molecular weight is 185 g/mol. The number of nitriles is 1. The molecule has 0 saturated heterocycles. The lowest BCUT2D eigenvalue weighted by molar-refractivity contribution is 0.355. The number of nitrogens with zero attached hydrogens (tertiary/aromatic N) is 1. The van der Waals surface area contributed by atoms with Gasteiger partial charge in [0.15, 0.2) is 0 Å². The smallest absolute Gasteiger partial charge is 0.0689 e. The zero-order valence-electron chi connectivity index (χ0n) is 8.39. The molecule has 12 heavy (non-hydrogen) atoms. The molecule has 0 aliphatic carbocycles. The van der Waals surface area contributed by atoms with Crippen LogP contribution in [0.3, 0.4) is 0 Å². The van der Waals surface area contributed by atoms with Gasteiger partial charge in [-0.25, -0.2) is 0 Å². The van der Waals surface area contributed by atoms with E-state index in [0.29, 0.717) is 0 Å². The van der Waals surface area contributed by atoms with E-state index in [2.05, 4.69) is 26.8 Å². The third-order valence-electron chi connectivity index (χ3n) is 2.52. The molecule has 1 nitrogen and oxygen atoms in total. The zero-order chi connectivity index (χ0) is 9.45. The molecule has 0 radical (unpaired) electrons. The second-order valence-electron chi connectivity index (χ2n) is 3.05. The molecule has 0 aromatic heterocycles. The van der Waals surface area contributed by atoms with Crippen molar-refractivity contribution >= 4 is 11.8 Å². The Bertz CT molecular complexity index is 144. The maximum atomic E-state index is 9.02. The Labute approximate surface area is 80.5 Å². The van der Waals surface area contributed by atoms with Gasteiger partial charge in [0.1, 0.15) is 0 Å². The van der Waals surface area contributed by atoms with Crippen LogP contribution in [0.2, 0.25) is 0 Å². The van der Waals surface area contributed by atoms with Gasteiger partial charge in [-0.15, -0.1) is 0 Å². The van der Waals surface area contributed by atoms with E-state index in [9.17, 15) is 0 Å². The van der Waals surface area contributed by atoms with Crippen LogP contribution in [0.1, 0.15) is 40.0 Å². The van der Waals surface area contributed by atoms with Crippen molar-refractivity contribution in [3.63, 3.8) is 0 Å². The summed E-state index contributed by atoms with van der Waals surface area (Å²) in [5, 5.41) is 9.02. The number of hydrogen-bond donors (Lipinski definition) is 0. The second kappa shape index (κ2) is 6.37. The van der Waals surface area contributed by atoms with Crippen LogP contribution < -0.4 is 0 Å². The van der Waals surface area contributed by atoms with E-state index >= 15 is 0 Å². The highest BCUT2D eigenvalue weighted by atomic mass is 32.2. The van der Waals surface area contributed by atoms with Crippen LogP contribution in [-0.4, -0.2) is 11.5 Å². The molecule has 0 heterocycles. The summed E-state index contributed by atoms with van der Waals surface area (Å²) >= 11 is 1.93. The van der Waals surface area contributed by atoms with Crippen molar-refractivity contribution in [3.8, 4) is 6.07 Å². The molecule has 0 aliphatic rings. The monoisotopic (exact) mass is 185 g/mol. The van der Waals surface area contributed by atoms with Crippen LogP contribution in [-0.2, 0) is 0 Å². The molecular weight excluding hydrogens is 166 g/mol. The highest BCUT2D eigenvalue weighted by molar-refractivity contribution is 7.99. The van der Waals surface area contributed by atoms with Gasteiger partial charge in [0.2, 0.25) is 0 Å². The third-order valence-corrected chi connectivity index (χ3v) is 3.42. The normalized spacial score (nSPS) is 11.2. The van der Waals surface area contributed by atoms with Crippen LogP contribution in [0.4, 0.5) is 0 Å². The molecule has 0 atom stereocenters. The molecule has 0 unspecified atom stereocenters. The predicted octanol–water partition coefficient (Wildman–Crippen LogP) is 3.46. The number of thioether (sulfide) groups is 1. The highest BCUT2D eigenvalue weighted by Crippen LogP contribution is 2.30. The molecule has 0 bridgehead atoms. The molecule has 0 rings (SSSR count). The average Bonchev–Trinajstić information content (AvgIpc) is 2.14. The van der Waals surface area contributed by atoms with Crippen molar-refractivity contribution in [2.45, 2.75) is 40.0 Å². The third kappa shape index (κ3) is 3.49. The Morgan fingerprint density at radius 1 is 1.25 bits per heavy atom. The van der Waals surface area contributed by atoms with Crippen LogP contribution in [0.15, 0.2) is 0 Å². The SMILES string of the molecule is CCSCCC(C#N)(CC)CC. The molecule has 0 aromatic carbocycles. The number of hydrogen-bond acceptors (Lipinski definition) is 2. The van der Waals surface area contributed by atoms with E-state index in [4.69, 9.17) is 5.26 Å². The van der Waals surface area contributed by atoms with E-state index in [1.165, 1.54) is 0 Å². The summed E-state index contributed by atoms with van der Waals surface area (Å²) in [5.41, 5.74) is -0.0395. The molecule has 2 heteroatoms. The summed E-state index contributed by atoms with van der Waals surface area (Å²) in [4.78, 5) is 0. The van der Waals surface area contributed by atoms with E-state index in [1.54, 1.807) is 0 Å². The lowest BCUT2D eigenvalue weighted by atomic mass is 9.81. The molecule has 0 N–H and O–H groups in total. The highest BCUT2D eigenvalue weighted by Gasteiger charge is 2.24. The zero-order valence-corrected chi connectivity index (χ0v) is 9.21. The van der Waals surface area contributed by atoms with Gasteiger partial charge >= 0.3 is 0 Å². The summed E-state index contributed by atoms with van der Waals surface area (Å²) < 4.78 is 0. The minimum Gasteiger partial charge on any atom is -0.198 e. The van der Waals surface area contributed by atoms with Crippen molar-refractivity contribution in [3.05, 3.63) is 0 Å². The first-order valence-corrected chi connectivity index (χ1v) is 5.89. The Hall–Kier alpha value is -0.160. The van der Waals surface area contributed by atoms with Gasteiger partial charge in [0.05, 0.1) is 11.5 Å². The molecule has 0 aromatic rings. The Balaban J connectivity index is 3.87. The fourth-order valence-electron chi connectivity index (χ4n) is 1.23. The molecule has 0 saturated carbocycles. The topological polar surface area (TPSA) is 23.8 Å². The first-order chi connectivity index (χ1) is 5.74. The fraction of sp³-hybridized carbons (Fsp3) is 0.900. The fourth-order valence-corrected chi connectivity index (χ4v) is 2.05. The van der Waals surface area contributed by atoms with E-state index in [-0.39, 0.29) is 5.41 Å². The molecule has 0 amide bonds. The van der Waals surface area contributed by atoms with Crippen molar-refractivity contribution in [2.75, 3.05) is 11.5 Å². The quantitative estimate of drug-likeness (QED) is 0.592. The van der Waals surface area contributed by atoms with Crippen molar-refractivity contribution in [1.29, 1.82) is 5.26 Å². The maximum Gasteiger partial charge on any atom is 0.0689 e. The maximum absolute atomic E-state index is 9.02. The summed E-state index contributed by atoms with van der Waals surface area (Å²) in [7, 11) is 0. The first-order valence-electron chi connectivity index (χ1n) is 4.73. The van der Waals surface area contributed by atoms with Gasteiger partial charge in [-0.2, -0.15) is 17.0 Å². The summed E-state index contributed by atoms with van der Waals surface area (Å²) in [5.74, 6) is 2.29. The summed E-state index contributed by atoms with van der Waals surface area (Å²) in [6.07, 6.45) is 3.03. The van der Waals surface area contributed by atoms with Gasteiger partial charge in [-0.1, -0.05) is 20.8 Å². The second-order valence-corrected chi connectivity index (χ2v) is 4.44. The van der Waals surface area contributed by atoms with E-state index in [0.717, 1.165) is 30.8 Å². The standard InChI is InChI=1S/C10H19NS/c1-4-10(5-2,9-11)7-8-12-6-3/h4-8H2,1-3H3. The Kier molecular flexibility index (Phi) is 6.28. The van der Waals surface area contributed by atoms with Gasteiger partial charge in [-0.05, 0) is 30.8 Å². The largest absolute Gasteiger partial charge is 0.198 e.